The zero-order valence-electron chi connectivity index (χ0n) is 21.1. The Morgan fingerprint density at radius 3 is 2.51 bits per heavy atom. The van der Waals surface area contributed by atoms with Crippen LogP contribution in [0.4, 0.5) is 17.6 Å². The van der Waals surface area contributed by atoms with Crippen molar-refractivity contribution in [3.05, 3.63) is 101 Å². The molecule has 4 aromatic rings. The lowest BCUT2D eigenvalue weighted by Crippen LogP contribution is -2.33. The van der Waals surface area contributed by atoms with Gasteiger partial charge in [0.15, 0.2) is 11.0 Å². The molecule has 2 aromatic heterocycles. The first-order chi connectivity index (χ1) is 18.6. The summed E-state index contributed by atoms with van der Waals surface area (Å²) in [5, 5.41) is 9.14. The Balaban J connectivity index is 1.55. The second-order valence-corrected chi connectivity index (χ2v) is 9.64. The van der Waals surface area contributed by atoms with Crippen LogP contribution in [0.25, 0.3) is 0 Å². The third kappa shape index (κ3) is 6.94. The zero-order valence-corrected chi connectivity index (χ0v) is 21.9. The molecule has 0 saturated carbocycles. The fraction of sp³-hybridized carbons (Fsp3) is 0.259. The molecule has 204 valence electrons. The molecule has 39 heavy (non-hydrogen) atoms. The Bertz CT molecular complexity index is 1400. The number of ether oxygens (including phenoxy) is 1. The summed E-state index contributed by atoms with van der Waals surface area (Å²) in [4.78, 5) is 18.5. The summed E-state index contributed by atoms with van der Waals surface area (Å²) in [6, 6.07) is 13.4. The molecule has 1 amide bonds. The van der Waals surface area contributed by atoms with Gasteiger partial charge in [0.2, 0.25) is 0 Å². The van der Waals surface area contributed by atoms with Crippen molar-refractivity contribution in [1.82, 2.24) is 24.6 Å². The van der Waals surface area contributed by atoms with Crippen LogP contribution in [0.2, 0.25) is 0 Å². The molecule has 0 aliphatic carbocycles. The van der Waals surface area contributed by atoms with E-state index in [1.165, 1.54) is 60.1 Å². The molecule has 0 saturated heterocycles. The van der Waals surface area contributed by atoms with Gasteiger partial charge in [0.1, 0.15) is 11.6 Å². The fourth-order valence-corrected chi connectivity index (χ4v) is 4.58. The van der Waals surface area contributed by atoms with Gasteiger partial charge in [0.05, 0.1) is 30.3 Å². The van der Waals surface area contributed by atoms with E-state index >= 15 is 0 Å². The summed E-state index contributed by atoms with van der Waals surface area (Å²) in [6.45, 7) is 2.33. The molecule has 1 atom stereocenters. The van der Waals surface area contributed by atoms with Crippen molar-refractivity contribution in [2.24, 2.45) is 0 Å². The van der Waals surface area contributed by atoms with Crippen LogP contribution in [-0.2, 0) is 12.7 Å². The van der Waals surface area contributed by atoms with Gasteiger partial charge in [-0.1, -0.05) is 30.0 Å². The number of hydrogen-bond acceptors (Lipinski definition) is 6. The molecule has 2 aromatic carbocycles. The Labute approximate surface area is 226 Å². The number of alkyl halides is 3. The first-order valence-electron chi connectivity index (χ1n) is 11.9. The van der Waals surface area contributed by atoms with E-state index in [9.17, 15) is 22.4 Å². The number of carbonyl (C=O) groups is 1. The molecule has 4 rings (SSSR count). The number of benzene rings is 2. The molecule has 1 unspecified atom stereocenters. The summed E-state index contributed by atoms with van der Waals surface area (Å²) in [5.74, 6) is 0.286. The van der Waals surface area contributed by atoms with Crippen molar-refractivity contribution >= 4 is 17.7 Å². The van der Waals surface area contributed by atoms with Crippen LogP contribution in [0.1, 0.15) is 40.3 Å². The van der Waals surface area contributed by atoms with Gasteiger partial charge in [0, 0.05) is 25.2 Å². The number of pyridine rings is 1. The molecule has 0 aliphatic heterocycles. The van der Waals surface area contributed by atoms with E-state index < -0.39 is 29.3 Å². The van der Waals surface area contributed by atoms with E-state index in [0.717, 1.165) is 17.7 Å². The van der Waals surface area contributed by atoms with Crippen LogP contribution in [-0.4, -0.2) is 50.0 Å². The van der Waals surface area contributed by atoms with Crippen LogP contribution in [0.5, 0.6) is 5.75 Å². The molecule has 7 nitrogen and oxygen atoms in total. The minimum absolute atomic E-state index is 0.313. The van der Waals surface area contributed by atoms with Gasteiger partial charge in [0.25, 0.3) is 5.91 Å². The van der Waals surface area contributed by atoms with Gasteiger partial charge >= 0.3 is 6.18 Å². The Morgan fingerprint density at radius 2 is 1.82 bits per heavy atom. The smallest absolute Gasteiger partial charge is 0.417 e. The lowest BCUT2D eigenvalue weighted by Gasteiger charge is -2.26. The SMILES string of the molecule is CC(c1nnc(SCCOc2ccc(F)cc2)n1Cc1cccnc1)N(C)C(=O)c1ccccc1C(F)(F)F. The lowest BCUT2D eigenvalue weighted by atomic mass is 10.1. The maximum absolute atomic E-state index is 13.5. The number of aromatic nitrogens is 4. The van der Waals surface area contributed by atoms with Gasteiger partial charge in [-0.05, 0) is 55.0 Å². The highest BCUT2D eigenvalue weighted by atomic mass is 32.2. The lowest BCUT2D eigenvalue weighted by molar-refractivity contribution is -0.138. The van der Waals surface area contributed by atoms with E-state index in [2.05, 4.69) is 15.2 Å². The molecule has 0 spiro atoms. The highest BCUT2D eigenvalue weighted by Crippen LogP contribution is 2.33. The first-order valence-corrected chi connectivity index (χ1v) is 12.9. The van der Waals surface area contributed by atoms with Crippen LogP contribution in [0.15, 0.2) is 78.2 Å². The molecule has 0 aliphatic rings. The highest BCUT2D eigenvalue weighted by Gasteiger charge is 2.36. The van der Waals surface area contributed by atoms with Crippen LogP contribution in [0, 0.1) is 5.82 Å². The van der Waals surface area contributed by atoms with Crippen LogP contribution < -0.4 is 4.74 Å². The van der Waals surface area contributed by atoms with Crippen molar-refractivity contribution in [3.8, 4) is 5.75 Å². The normalized spacial score (nSPS) is 12.3. The fourth-order valence-electron chi connectivity index (χ4n) is 3.82. The monoisotopic (exact) mass is 559 g/mol. The molecule has 0 bridgehead atoms. The highest BCUT2D eigenvalue weighted by molar-refractivity contribution is 7.99. The summed E-state index contributed by atoms with van der Waals surface area (Å²) >= 11 is 1.37. The number of hydrogen-bond donors (Lipinski definition) is 0. The molecule has 2 heterocycles. The van der Waals surface area contributed by atoms with Gasteiger partial charge < -0.3 is 9.64 Å². The number of halogens is 4. The van der Waals surface area contributed by atoms with E-state index in [4.69, 9.17) is 4.74 Å². The molecule has 0 fully saturated rings. The minimum Gasteiger partial charge on any atom is -0.493 e. The Morgan fingerprint density at radius 1 is 1.08 bits per heavy atom. The molecular weight excluding hydrogens is 534 g/mol. The average molecular weight is 560 g/mol. The van der Waals surface area contributed by atoms with E-state index in [1.54, 1.807) is 25.4 Å². The predicted molar refractivity (Wildman–Crippen MR) is 138 cm³/mol. The van der Waals surface area contributed by atoms with Gasteiger partial charge in [-0.2, -0.15) is 13.2 Å². The van der Waals surface area contributed by atoms with Crippen molar-refractivity contribution < 1.29 is 27.1 Å². The number of nitrogens with zero attached hydrogens (tertiary/aromatic N) is 5. The largest absolute Gasteiger partial charge is 0.493 e. The maximum atomic E-state index is 13.5. The average Bonchev–Trinajstić information content (AvgIpc) is 3.33. The number of carbonyl (C=O) groups excluding carboxylic acids is 1. The summed E-state index contributed by atoms with van der Waals surface area (Å²) in [7, 11) is 1.44. The van der Waals surface area contributed by atoms with Crippen LogP contribution in [0.3, 0.4) is 0 Å². The summed E-state index contributed by atoms with van der Waals surface area (Å²) in [6.07, 6.45) is -1.34. The third-order valence-electron chi connectivity index (χ3n) is 5.94. The second-order valence-electron chi connectivity index (χ2n) is 8.57. The van der Waals surface area contributed by atoms with E-state index in [0.29, 0.717) is 35.6 Å². The minimum atomic E-state index is -4.67. The van der Waals surface area contributed by atoms with E-state index in [1.807, 2.05) is 10.6 Å². The second kappa shape index (κ2) is 12.3. The molecule has 12 heteroatoms. The number of thioether (sulfide) groups is 1. The zero-order chi connectivity index (χ0) is 28.0. The maximum Gasteiger partial charge on any atom is 0.417 e. The van der Waals surface area contributed by atoms with Crippen molar-refractivity contribution in [2.45, 2.75) is 30.8 Å². The first kappa shape index (κ1) is 28.1. The predicted octanol–water partition coefficient (Wildman–Crippen LogP) is 5.88. The van der Waals surface area contributed by atoms with E-state index in [-0.39, 0.29) is 5.82 Å². The molecule has 0 N–H and O–H groups in total. The quantitative estimate of drug-likeness (QED) is 0.137. The summed E-state index contributed by atoms with van der Waals surface area (Å²) < 4.78 is 61.2. The summed E-state index contributed by atoms with van der Waals surface area (Å²) in [5.41, 5.74) is -0.583. The van der Waals surface area contributed by atoms with Gasteiger partial charge in [-0.15, -0.1) is 10.2 Å². The van der Waals surface area contributed by atoms with Gasteiger partial charge in [-0.3, -0.25) is 14.3 Å². The topological polar surface area (TPSA) is 73.1 Å². The van der Waals surface area contributed by atoms with Gasteiger partial charge in [-0.25, -0.2) is 4.39 Å². The standard InChI is InChI=1S/C27H25F4N5O2S/c1-18(35(2)25(37)22-7-3-4-8-23(22)27(29,30)31)24-33-34-26(36(24)17-19-6-5-13-32-16-19)39-15-14-38-21-11-9-20(28)10-12-21/h3-13,16,18H,14-15,17H2,1-2H3. The third-order valence-corrected chi connectivity index (χ3v) is 6.87. The molecular formula is C27H25F4N5O2S. The number of amides is 1. The molecule has 0 radical (unpaired) electrons. The van der Waals surface area contributed by atoms with Crippen molar-refractivity contribution in [1.29, 1.82) is 0 Å². The van der Waals surface area contributed by atoms with Crippen LogP contribution >= 0.6 is 11.8 Å². The Hall–Kier alpha value is -3.93. The van der Waals surface area contributed by atoms with Crippen molar-refractivity contribution in [3.63, 3.8) is 0 Å². The number of rotatable bonds is 10. The van der Waals surface area contributed by atoms with Crippen molar-refractivity contribution in [2.75, 3.05) is 19.4 Å². The Kier molecular flexibility index (Phi) is 8.85.